The highest BCUT2D eigenvalue weighted by Crippen LogP contribution is 2.45. The minimum atomic E-state index is -0.0000880. The van der Waals surface area contributed by atoms with Gasteiger partial charge in [-0.1, -0.05) is 89.1 Å². The van der Waals surface area contributed by atoms with Gasteiger partial charge in [0, 0.05) is 5.39 Å². The third-order valence-corrected chi connectivity index (χ3v) is 8.59. The van der Waals surface area contributed by atoms with Crippen LogP contribution >= 0.6 is 0 Å². The maximum absolute atomic E-state index is 14.8. The summed E-state index contributed by atoms with van der Waals surface area (Å²) in [4.78, 5) is 0. The Bertz CT molecular complexity index is 822. The normalized spacial score (nSPS) is 26.9. The van der Waals surface area contributed by atoms with Crippen molar-refractivity contribution in [2.24, 2.45) is 17.8 Å². The van der Waals surface area contributed by atoms with Crippen molar-refractivity contribution in [3.63, 3.8) is 0 Å². The number of aryl methyl sites for hydroxylation is 1. The van der Waals surface area contributed by atoms with Crippen molar-refractivity contribution in [2.75, 3.05) is 0 Å². The van der Waals surface area contributed by atoms with Gasteiger partial charge in [0.1, 0.15) is 5.82 Å². The van der Waals surface area contributed by atoms with Crippen molar-refractivity contribution in [1.29, 1.82) is 0 Å². The summed E-state index contributed by atoms with van der Waals surface area (Å²) in [5.41, 5.74) is 2.30. The smallest absolute Gasteiger partial charge is 0.134 e. The van der Waals surface area contributed by atoms with Crippen molar-refractivity contribution >= 4 is 10.8 Å². The number of hydrogen-bond donors (Lipinski definition) is 0. The number of unbranched alkanes of at least 4 members (excludes halogenated alkanes) is 2. The minimum absolute atomic E-state index is 0.0000880. The topological polar surface area (TPSA) is 0 Å². The SMILES string of the molecule is CCCCCC1CCC(C2CCC(c3ccc4c(F)c(CCC)ccc4c3)CC2)CC1. The maximum Gasteiger partial charge on any atom is 0.134 e. The standard InChI is InChI=1S/C30H43F/c1-3-5-6-8-22-9-11-23(12-10-22)24-13-15-25(16-14-24)27-19-20-29-28(21-27)18-17-26(7-4-2)30(29)31/h17-25H,3-16H2,1-2H3. The molecule has 0 N–H and O–H groups in total. The molecule has 0 heterocycles. The van der Waals surface area contributed by atoms with Crippen LogP contribution in [0.15, 0.2) is 30.3 Å². The Morgan fingerprint density at radius 2 is 1.48 bits per heavy atom. The first-order chi connectivity index (χ1) is 15.2. The van der Waals surface area contributed by atoms with E-state index in [4.69, 9.17) is 0 Å². The molecule has 2 aliphatic carbocycles. The molecule has 2 aliphatic rings. The third-order valence-electron chi connectivity index (χ3n) is 8.59. The predicted octanol–water partition coefficient (Wildman–Crippen LogP) is 9.59. The summed E-state index contributed by atoms with van der Waals surface area (Å²) >= 11 is 0. The summed E-state index contributed by atoms with van der Waals surface area (Å²) < 4.78 is 14.8. The summed E-state index contributed by atoms with van der Waals surface area (Å²) in [6.07, 6.45) is 18.9. The molecule has 0 aliphatic heterocycles. The molecule has 0 radical (unpaired) electrons. The molecule has 0 nitrogen and oxygen atoms in total. The molecule has 0 amide bonds. The van der Waals surface area contributed by atoms with Gasteiger partial charge in [0.2, 0.25) is 0 Å². The molecule has 2 aromatic carbocycles. The average molecular weight is 423 g/mol. The lowest BCUT2D eigenvalue weighted by molar-refractivity contribution is 0.155. The summed E-state index contributed by atoms with van der Waals surface area (Å²) in [7, 11) is 0. The highest BCUT2D eigenvalue weighted by Gasteiger charge is 2.31. The van der Waals surface area contributed by atoms with E-state index >= 15 is 0 Å². The number of hydrogen-bond acceptors (Lipinski definition) is 0. The van der Waals surface area contributed by atoms with E-state index in [0.29, 0.717) is 5.92 Å². The Kier molecular flexibility index (Phi) is 8.07. The van der Waals surface area contributed by atoms with Gasteiger partial charge in [-0.25, -0.2) is 4.39 Å². The van der Waals surface area contributed by atoms with Gasteiger partial charge >= 0.3 is 0 Å². The van der Waals surface area contributed by atoms with E-state index in [2.05, 4.69) is 32.0 Å². The monoisotopic (exact) mass is 422 g/mol. The van der Waals surface area contributed by atoms with Gasteiger partial charge < -0.3 is 0 Å². The number of fused-ring (bicyclic) bond motifs is 1. The van der Waals surface area contributed by atoms with E-state index in [9.17, 15) is 4.39 Å². The van der Waals surface area contributed by atoms with Crippen molar-refractivity contribution in [3.8, 4) is 0 Å². The van der Waals surface area contributed by atoms with E-state index in [-0.39, 0.29) is 5.82 Å². The van der Waals surface area contributed by atoms with Crippen LogP contribution in [0.1, 0.15) is 114 Å². The van der Waals surface area contributed by atoms with E-state index in [0.717, 1.165) is 46.9 Å². The van der Waals surface area contributed by atoms with E-state index < -0.39 is 0 Å². The summed E-state index contributed by atoms with van der Waals surface area (Å²) in [5.74, 6) is 3.65. The van der Waals surface area contributed by atoms with E-state index in [1.54, 1.807) is 0 Å². The van der Waals surface area contributed by atoms with Crippen molar-refractivity contribution < 1.29 is 4.39 Å². The molecule has 2 aromatic rings. The molecule has 0 atom stereocenters. The molecule has 1 heteroatoms. The number of rotatable bonds is 8. The molecular weight excluding hydrogens is 379 g/mol. The lowest BCUT2D eigenvalue weighted by Crippen LogP contribution is -2.25. The number of halogens is 1. The zero-order chi connectivity index (χ0) is 21.6. The molecule has 2 saturated carbocycles. The molecule has 170 valence electrons. The fraction of sp³-hybridized carbons (Fsp3) is 0.667. The predicted molar refractivity (Wildman–Crippen MR) is 132 cm³/mol. The highest BCUT2D eigenvalue weighted by atomic mass is 19.1. The van der Waals surface area contributed by atoms with Gasteiger partial charge in [-0.3, -0.25) is 0 Å². The van der Waals surface area contributed by atoms with Gasteiger partial charge in [0.15, 0.2) is 0 Å². The largest absolute Gasteiger partial charge is 0.206 e. The zero-order valence-corrected chi connectivity index (χ0v) is 20.0. The number of benzene rings is 2. The summed E-state index contributed by atoms with van der Waals surface area (Å²) in [5, 5.41) is 1.89. The first-order valence-corrected chi connectivity index (χ1v) is 13.4. The second kappa shape index (κ2) is 11.0. The molecule has 31 heavy (non-hydrogen) atoms. The van der Waals surface area contributed by atoms with Crippen LogP contribution in [0.3, 0.4) is 0 Å². The van der Waals surface area contributed by atoms with Crippen LogP contribution in [0.4, 0.5) is 4.39 Å². The molecule has 2 fully saturated rings. The van der Waals surface area contributed by atoms with Crippen LogP contribution in [0.2, 0.25) is 0 Å². The fourth-order valence-electron chi connectivity index (χ4n) is 6.63. The zero-order valence-electron chi connectivity index (χ0n) is 20.0. The van der Waals surface area contributed by atoms with Crippen LogP contribution in [0.25, 0.3) is 10.8 Å². The maximum atomic E-state index is 14.8. The molecule has 0 bridgehead atoms. The molecule has 4 rings (SSSR count). The molecule has 0 saturated heterocycles. The van der Waals surface area contributed by atoms with Crippen LogP contribution in [-0.4, -0.2) is 0 Å². The molecule has 0 aromatic heterocycles. The Balaban J connectivity index is 1.31. The lowest BCUT2D eigenvalue weighted by Gasteiger charge is -2.38. The quantitative estimate of drug-likeness (QED) is 0.371. The van der Waals surface area contributed by atoms with Gasteiger partial charge in [-0.05, 0) is 85.1 Å². The van der Waals surface area contributed by atoms with E-state index in [1.165, 1.54) is 82.6 Å². The lowest BCUT2D eigenvalue weighted by atomic mass is 9.68. The van der Waals surface area contributed by atoms with Gasteiger partial charge in [0.25, 0.3) is 0 Å². The molecule has 0 spiro atoms. The van der Waals surface area contributed by atoms with Crippen LogP contribution in [0, 0.1) is 23.6 Å². The average Bonchev–Trinajstić information content (AvgIpc) is 2.82. The Labute approximate surface area is 190 Å². The first kappa shape index (κ1) is 22.8. The van der Waals surface area contributed by atoms with Gasteiger partial charge in [-0.15, -0.1) is 0 Å². The Morgan fingerprint density at radius 3 is 2.16 bits per heavy atom. The Hall–Kier alpha value is -1.37. The second-order valence-electron chi connectivity index (χ2n) is 10.7. The van der Waals surface area contributed by atoms with Crippen LogP contribution in [-0.2, 0) is 6.42 Å². The van der Waals surface area contributed by atoms with Crippen molar-refractivity contribution in [2.45, 2.75) is 110 Å². The van der Waals surface area contributed by atoms with Gasteiger partial charge in [-0.2, -0.15) is 0 Å². The van der Waals surface area contributed by atoms with Crippen molar-refractivity contribution in [1.82, 2.24) is 0 Å². The van der Waals surface area contributed by atoms with Gasteiger partial charge in [0.05, 0.1) is 0 Å². The summed E-state index contributed by atoms with van der Waals surface area (Å²) in [6.45, 7) is 4.43. The first-order valence-electron chi connectivity index (χ1n) is 13.4. The highest BCUT2D eigenvalue weighted by molar-refractivity contribution is 5.84. The fourth-order valence-corrected chi connectivity index (χ4v) is 6.63. The molecule has 0 unspecified atom stereocenters. The van der Waals surface area contributed by atoms with E-state index in [1.807, 2.05) is 12.1 Å². The van der Waals surface area contributed by atoms with Crippen LogP contribution in [0.5, 0.6) is 0 Å². The Morgan fingerprint density at radius 1 is 0.774 bits per heavy atom. The molecular formula is C30H43F. The third kappa shape index (κ3) is 5.52. The van der Waals surface area contributed by atoms with Crippen LogP contribution < -0.4 is 0 Å². The second-order valence-corrected chi connectivity index (χ2v) is 10.7. The van der Waals surface area contributed by atoms with Crippen molar-refractivity contribution in [3.05, 3.63) is 47.3 Å². The minimum Gasteiger partial charge on any atom is -0.206 e. The summed E-state index contributed by atoms with van der Waals surface area (Å²) in [6, 6.07) is 10.7.